The summed E-state index contributed by atoms with van der Waals surface area (Å²) >= 11 is 0. The molecule has 9 heteroatoms. The van der Waals surface area contributed by atoms with E-state index in [0.29, 0.717) is 24.4 Å². The lowest BCUT2D eigenvalue weighted by Crippen LogP contribution is -2.52. The topological polar surface area (TPSA) is 96.0 Å². The van der Waals surface area contributed by atoms with E-state index in [4.69, 9.17) is 4.74 Å². The van der Waals surface area contributed by atoms with Gasteiger partial charge in [0.15, 0.2) is 0 Å². The van der Waals surface area contributed by atoms with Crippen molar-refractivity contribution in [3.63, 3.8) is 0 Å². The lowest BCUT2D eigenvalue weighted by molar-refractivity contribution is -0.140. The average molecular weight is 546 g/mol. The van der Waals surface area contributed by atoms with Crippen molar-refractivity contribution in [2.24, 2.45) is 0 Å². The second kappa shape index (κ2) is 13.6. The average Bonchev–Trinajstić information content (AvgIpc) is 2.86. The summed E-state index contributed by atoms with van der Waals surface area (Å²) in [7, 11) is -2.22. The van der Waals surface area contributed by atoms with Crippen LogP contribution in [-0.2, 0) is 31.6 Å². The monoisotopic (exact) mass is 545 g/mol. The summed E-state index contributed by atoms with van der Waals surface area (Å²) in [5.41, 5.74) is 2.13. The number of ether oxygens (including phenoxy) is 1. The third kappa shape index (κ3) is 8.75. The maximum atomic E-state index is 13.8. The van der Waals surface area contributed by atoms with Crippen LogP contribution < -0.4 is 14.4 Å². The van der Waals surface area contributed by atoms with Crippen molar-refractivity contribution in [1.82, 2.24) is 10.2 Å². The van der Waals surface area contributed by atoms with Crippen molar-refractivity contribution in [2.75, 3.05) is 30.8 Å². The fraction of sp³-hybridized carbons (Fsp3) is 0.517. The Kier molecular flexibility index (Phi) is 11.2. The van der Waals surface area contributed by atoms with Crippen molar-refractivity contribution >= 4 is 27.5 Å². The minimum absolute atomic E-state index is 0.0999. The molecule has 2 amide bonds. The summed E-state index contributed by atoms with van der Waals surface area (Å²) in [6.07, 6.45) is 3.23. The van der Waals surface area contributed by atoms with Crippen molar-refractivity contribution < 1.29 is 22.7 Å². The summed E-state index contributed by atoms with van der Waals surface area (Å²) < 4.78 is 32.1. The van der Waals surface area contributed by atoms with Gasteiger partial charge < -0.3 is 15.0 Å². The number of amides is 2. The first kappa shape index (κ1) is 31.1. The number of unbranched alkanes of at least 4 members (excludes halogenated alkanes) is 1. The van der Waals surface area contributed by atoms with Crippen LogP contribution in [0.5, 0.6) is 5.75 Å². The standard InChI is InChI=1S/C29H43N3O5S/c1-8-10-18-30-28(34)26(9-2)31(20-22-12-11-13-25(19-22)37-6)27(33)21-32(38(7,35)36)24-16-14-23(15-17-24)29(3,4)5/h11-17,19,26H,8-10,18,20-21H2,1-7H3,(H,30,34)/t26-/m0/s1. The lowest BCUT2D eigenvalue weighted by atomic mass is 9.87. The second-order valence-electron chi connectivity index (χ2n) is 10.5. The summed E-state index contributed by atoms with van der Waals surface area (Å²) in [4.78, 5) is 28.4. The third-order valence-electron chi connectivity index (χ3n) is 6.40. The molecule has 8 nitrogen and oxygen atoms in total. The SMILES string of the molecule is CCCCNC(=O)[C@H](CC)N(Cc1cccc(OC)c1)C(=O)CN(c1ccc(C(C)(C)C)cc1)S(C)(=O)=O. The molecule has 210 valence electrons. The van der Waals surface area contributed by atoms with Gasteiger partial charge in [0.2, 0.25) is 21.8 Å². The molecule has 0 aliphatic carbocycles. The Bertz CT molecular complexity index is 1170. The van der Waals surface area contributed by atoms with Gasteiger partial charge in [0.1, 0.15) is 18.3 Å². The molecule has 0 radical (unpaired) electrons. The molecule has 0 saturated carbocycles. The number of hydrogen-bond donors (Lipinski definition) is 1. The zero-order valence-electron chi connectivity index (χ0n) is 23.8. The van der Waals surface area contributed by atoms with Gasteiger partial charge in [0.25, 0.3) is 0 Å². The Hall–Kier alpha value is -3.07. The summed E-state index contributed by atoms with van der Waals surface area (Å²) in [6.45, 7) is 10.3. The van der Waals surface area contributed by atoms with E-state index in [1.54, 1.807) is 25.3 Å². The first-order chi connectivity index (χ1) is 17.8. The molecule has 38 heavy (non-hydrogen) atoms. The van der Waals surface area contributed by atoms with Crippen molar-refractivity contribution in [1.29, 1.82) is 0 Å². The van der Waals surface area contributed by atoms with Crippen molar-refractivity contribution in [2.45, 2.75) is 71.9 Å². The quantitative estimate of drug-likeness (QED) is 0.375. The van der Waals surface area contributed by atoms with Crippen LogP contribution in [0.2, 0.25) is 0 Å². The fourth-order valence-corrected chi connectivity index (χ4v) is 4.98. The molecule has 0 aliphatic heterocycles. The van der Waals surface area contributed by atoms with Gasteiger partial charge in [-0.05, 0) is 53.6 Å². The lowest BCUT2D eigenvalue weighted by Gasteiger charge is -2.33. The number of methoxy groups -OCH3 is 1. The van der Waals surface area contributed by atoms with Crippen LogP contribution in [0.15, 0.2) is 48.5 Å². The van der Waals surface area contributed by atoms with Crippen LogP contribution in [0, 0.1) is 0 Å². The van der Waals surface area contributed by atoms with Gasteiger partial charge in [-0.15, -0.1) is 0 Å². The predicted octanol–water partition coefficient (Wildman–Crippen LogP) is 4.48. The normalized spacial score (nSPS) is 12.5. The van der Waals surface area contributed by atoms with Gasteiger partial charge in [0.05, 0.1) is 19.1 Å². The Morgan fingerprint density at radius 2 is 1.71 bits per heavy atom. The Labute approximate surface area is 228 Å². The third-order valence-corrected chi connectivity index (χ3v) is 7.54. The summed E-state index contributed by atoms with van der Waals surface area (Å²) in [6, 6.07) is 13.7. The number of rotatable bonds is 13. The molecule has 0 fully saturated rings. The Balaban J connectivity index is 2.43. The van der Waals surface area contributed by atoms with Crippen LogP contribution in [0.25, 0.3) is 0 Å². The molecular formula is C29H43N3O5S. The Morgan fingerprint density at radius 3 is 2.24 bits per heavy atom. The molecule has 0 unspecified atom stereocenters. The van der Waals surface area contributed by atoms with E-state index in [1.807, 2.05) is 44.2 Å². The van der Waals surface area contributed by atoms with Gasteiger partial charge in [-0.25, -0.2) is 8.42 Å². The zero-order valence-corrected chi connectivity index (χ0v) is 24.6. The molecule has 0 aliphatic rings. The molecule has 0 heterocycles. The highest BCUT2D eigenvalue weighted by molar-refractivity contribution is 7.92. The molecule has 2 aromatic carbocycles. The minimum atomic E-state index is -3.78. The number of carbonyl (C=O) groups excluding carboxylic acids is 2. The van der Waals surface area contributed by atoms with E-state index in [2.05, 4.69) is 26.1 Å². The van der Waals surface area contributed by atoms with Gasteiger partial charge in [0, 0.05) is 13.1 Å². The fourth-order valence-electron chi connectivity index (χ4n) is 4.13. The highest BCUT2D eigenvalue weighted by atomic mass is 32.2. The van der Waals surface area contributed by atoms with Crippen LogP contribution in [0.3, 0.4) is 0 Å². The van der Waals surface area contributed by atoms with Crippen LogP contribution in [0.4, 0.5) is 5.69 Å². The molecule has 0 spiro atoms. The molecule has 2 aromatic rings. The molecule has 1 N–H and O–H groups in total. The predicted molar refractivity (Wildman–Crippen MR) is 153 cm³/mol. The highest BCUT2D eigenvalue weighted by Crippen LogP contribution is 2.26. The van der Waals surface area contributed by atoms with E-state index < -0.39 is 28.5 Å². The Morgan fingerprint density at radius 1 is 1.05 bits per heavy atom. The van der Waals surface area contributed by atoms with E-state index >= 15 is 0 Å². The van der Waals surface area contributed by atoms with E-state index in [1.165, 1.54) is 4.90 Å². The number of nitrogens with one attached hydrogen (secondary N) is 1. The number of carbonyl (C=O) groups is 2. The summed E-state index contributed by atoms with van der Waals surface area (Å²) in [5.74, 6) is -0.0830. The van der Waals surface area contributed by atoms with Gasteiger partial charge in [-0.1, -0.05) is 65.3 Å². The van der Waals surface area contributed by atoms with E-state index in [9.17, 15) is 18.0 Å². The highest BCUT2D eigenvalue weighted by Gasteiger charge is 2.31. The van der Waals surface area contributed by atoms with Crippen molar-refractivity contribution in [3.8, 4) is 5.75 Å². The maximum absolute atomic E-state index is 13.8. The minimum Gasteiger partial charge on any atom is -0.497 e. The number of hydrogen-bond acceptors (Lipinski definition) is 5. The zero-order chi connectivity index (χ0) is 28.5. The van der Waals surface area contributed by atoms with Crippen LogP contribution in [0.1, 0.15) is 65.0 Å². The first-order valence-corrected chi connectivity index (χ1v) is 14.9. The molecule has 0 bridgehead atoms. The van der Waals surface area contributed by atoms with Gasteiger partial charge in [-0.3, -0.25) is 13.9 Å². The molecule has 2 rings (SSSR count). The molecule has 1 atom stereocenters. The van der Waals surface area contributed by atoms with Gasteiger partial charge in [-0.2, -0.15) is 0 Å². The smallest absolute Gasteiger partial charge is 0.244 e. The van der Waals surface area contributed by atoms with Crippen molar-refractivity contribution in [3.05, 3.63) is 59.7 Å². The largest absolute Gasteiger partial charge is 0.497 e. The first-order valence-electron chi connectivity index (χ1n) is 13.1. The van der Waals surface area contributed by atoms with Crippen LogP contribution in [-0.4, -0.2) is 57.6 Å². The molecule has 0 saturated heterocycles. The number of anilines is 1. The second-order valence-corrected chi connectivity index (χ2v) is 12.4. The molecular weight excluding hydrogens is 502 g/mol. The van der Waals surface area contributed by atoms with Gasteiger partial charge >= 0.3 is 0 Å². The summed E-state index contributed by atoms with van der Waals surface area (Å²) in [5, 5.41) is 2.92. The number of sulfonamides is 1. The molecule has 0 aromatic heterocycles. The van der Waals surface area contributed by atoms with E-state index in [-0.39, 0.29) is 17.9 Å². The number of nitrogens with zero attached hydrogens (tertiary/aromatic N) is 2. The number of benzene rings is 2. The van der Waals surface area contributed by atoms with Crippen LogP contribution >= 0.6 is 0 Å². The van der Waals surface area contributed by atoms with E-state index in [0.717, 1.165) is 34.5 Å². The maximum Gasteiger partial charge on any atom is 0.244 e.